The molecule has 1 aromatic carbocycles. The summed E-state index contributed by atoms with van der Waals surface area (Å²) in [5.74, 6) is 0. The minimum Gasteiger partial charge on any atom is -0.384 e. The van der Waals surface area contributed by atoms with E-state index in [0.29, 0.717) is 16.7 Å². The summed E-state index contributed by atoms with van der Waals surface area (Å²) >= 11 is 6.05. The monoisotopic (exact) mass is 250 g/mol. The number of halogens is 1. The largest absolute Gasteiger partial charge is 0.384 e. The van der Waals surface area contributed by atoms with Gasteiger partial charge in [0, 0.05) is 13.2 Å². The van der Waals surface area contributed by atoms with Gasteiger partial charge in [-0.2, -0.15) is 5.26 Å². The fraction of sp³-hybridized carbons (Fsp3) is 0.462. The van der Waals surface area contributed by atoms with Crippen LogP contribution in [0.25, 0.3) is 0 Å². The van der Waals surface area contributed by atoms with Crippen molar-refractivity contribution in [3.63, 3.8) is 0 Å². The number of hydrogen-bond donors (Lipinski definition) is 1. The van der Waals surface area contributed by atoms with Gasteiger partial charge in [0.1, 0.15) is 0 Å². The summed E-state index contributed by atoms with van der Waals surface area (Å²) < 4.78 is 5.54. The number of ether oxygens (including phenoxy) is 1. The van der Waals surface area contributed by atoms with E-state index in [0.717, 1.165) is 38.1 Å². The van der Waals surface area contributed by atoms with Crippen LogP contribution in [0.5, 0.6) is 0 Å². The van der Waals surface area contributed by atoms with Gasteiger partial charge in [-0.3, -0.25) is 0 Å². The standard InChI is InChI=1S/C13H15ClN2O/c14-12-4-3-10(9-15)8-13(12)16-6-5-11-2-1-7-17-11/h3-4,8,11,16H,1-2,5-7H2. The molecular weight excluding hydrogens is 236 g/mol. The van der Waals surface area contributed by atoms with Gasteiger partial charge < -0.3 is 10.1 Å². The summed E-state index contributed by atoms with van der Waals surface area (Å²) in [6.45, 7) is 1.70. The van der Waals surface area contributed by atoms with Crippen LogP contribution in [0.15, 0.2) is 18.2 Å². The Kier molecular flexibility index (Phi) is 4.24. The maximum absolute atomic E-state index is 8.81. The second-order valence-electron chi connectivity index (χ2n) is 4.16. The van der Waals surface area contributed by atoms with Crippen molar-refractivity contribution in [2.45, 2.75) is 25.4 Å². The summed E-state index contributed by atoms with van der Waals surface area (Å²) in [5.41, 5.74) is 1.44. The molecule has 1 heterocycles. The number of nitrogens with one attached hydrogen (secondary N) is 1. The number of hydrogen-bond acceptors (Lipinski definition) is 3. The Morgan fingerprint density at radius 3 is 3.12 bits per heavy atom. The summed E-state index contributed by atoms with van der Waals surface area (Å²) in [4.78, 5) is 0. The highest BCUT2D eigenvalue weighted by molar-refractivity contribution is 6.33. The highest BCUT2D eigenvalue weighted by Crippen LogP contribution is 2.23. The van der Waals surface area contributed by atoms with Crippen LogP contribution in [0, 0.1) is 11.3 Å². The van der Waals surface area contributed by atoms with Gasteiger partial charge >= 0.3 is 0 Å². The minimum absolute atomic E-state index is 0.375. The van der Waals surface area contributed by atoms with Crippen molar-refractivity contribution in [1.29, 1.82) is 5.26 Å². The van der Waals surface area contributed by atoms with Crippen LogP contribution in [-0.2, 0) is 4.74 Å². The normalized spacial score (nSPS) is 18.9. The molecule has 17 heavy (non-hydrogen) atoms. The van der Waals surface area contributed by atoms with Crippen molar-refractivity contribution < 1.29 is 4.74 Å². The maximum atomic E-state index is 8.81. The number of benzene rings is 1. The van der Waals surface area contributed by atoms with Crippen molar-refractivity contribution in [2.24, 2.45) is 0 Å². The topological polar surface area (TPSA) is 45.0 Å². The molecule has 2 rings (SSSR count). The summed E-state index contributed by atoms with van der Waals surface area (Å²) in [5, 5.41) is 12.7. The van der Waals surface area contributed by atoms with Gasteiger partial charge in [-0.15, -0.1) is 0 Å². The zero-order chi connectivity index (χ0) is 12.1. The van der Waals surface area contributed by atoms with Gasteiger partial charge in [-0.05, 0) is 37.5 Å². The van der Waals surface area contributed by atoms with E-state index in [4.69, 9.17) is 21.6 Å². The molecule has 3 nitrogen and oxygen atoms in total. The molecule has 1 aliphatic heterocycles. The number of anilines is 1. The molecule has 0 aliphatic carbocycles. The molecule has 1 atom stereocenters. The molecule has 1 aliphatic rings. The second kappa shape index (κ2) is 5.90. The third kappa shape index (κ3) is 3.36. The Labute approximate surface area is 106 Å². The van der Waals surface area contributed by atoms with Gasteiger partial charge in [-0.25, -0.2) is 0 Å². The van der Waals surface area contributed by atoms with E-state index in [1.54, 1.807) is 18.2 Å². The Hall–Kier alpha value is -1.24. The summed E-state index contributed by atoms with van der Waals surface area (Å²) in [7, 11) is 0. The summed E-state index contributed by atoms with van der Waals surface area (Å²) in [6, 6.07) is 7.34. The average molecular weight is 251 g/mol. The van der Waals surface area contributed by atoms with Gasteiger partial charge in [0.15, 0.2) is 0 Å². The van der Waals surface area contributed by atoms with Gasteiger partial charge in [0.25, 0.3) is 0 Å². The lowest BCUT2D eigenvalue weighted by Gasteiger charge is -2.12. The quantitative estimate of drug-likeness (QED) is 0.893. The molecule has 1 aromatic rings. The Balaban J connectivity index is 1.87. The van der Waals surface area contributed by atoms with Crippen LogP contribution >= 0.6 is 11.6 Å². The first-order valence-electron chi connectivity index (χ1n) is 5.85. The van der Waals surface area contributed by atoms with Crippen LogP contribution in [0.4, 0.5) is 5.69 Å². The Morgan fingerprint density at radius 1 is 1.53 bits per heavy atom. The lowest BCUT2D eigenvalue weighted by molar-refractivity contribution is 0.107. The fourth-order valence-electron chi connectivity index (χ4n) is 1.97. The molecule has 1 N–H and O–H groups in total. The van der Waals surface area contributed by atoms with E-state index in [1.807, 2.05) is 0 Å². The molecule has 1 saturated heterocycles. The van der Waals surface area contributed by atoms with Crippen LogP contribution < -0.4 is 5.32 Å². The molecule has 0 bridgehead atoms. The molecule has 4 heteroatoms. The zero-order valence-electron chi connectivity index (χ0n) is 9.58. The SMILES string of the molecule is N#Cc1ccc(Cl)c(NCCC2CCCO2)c1. The van der Waals surface area contributed by atoms with E-state index >= 15 is 0 Å². The lowest BCUT2D eigenvalue weighted by Crippen LogP contribution is -2.12. The first-order chi connectivity index (χ1) is 8.29. The van der Waals surface area contributed by atoms with E-state index in [1.165, 1.54) is 0 Å². The van der Waals surface area contributed by atoms with Crippen LogP contribution in [0.3, 0.4) is 0 Å². The van der Waals surface area contributed by atoms with E-state index in [2.05, 4.69) is 11.4 Å². The molecule has 1 fully saturated rings. The number of nitrogens with zero attached hydrogens (tertiary/aromatic N) is 1. The molecular formula is C13H15ClN2O. The molecule has 0 aromatic heterocycles. The molecule has 1 unspecified atom stereocenters. The lowest BCUT2D eigenvalue weighted by atomic mass is 10.1. The van der Waals surface area contributed by atoms with Crippen LogP contribution in [0.2, 0.25) is 5.02 Å². The van der Waals surface area contributed by atoms with E-state index in [-0.39, 0.29) is 0 Å². The Bertz CT molecular complexity index is 422. The zero-order valence-corrected chi connectivity index (χ0v) is 10.3. The smallest absolute Gasteiger partial charge is 0.0992 e. The van der Waals surface area contributed by atoms with Gasteiger partial charge in [0.05, 0.1) is 28.4 Å². The van der Waals surface area contributed by atoms with Gasteiger partial charge in [-0.1, -0.05) is 11.6 Å². The fourth-order valence-corrected chi connectivity index (χ4v) is 2.15. The van der Waals surface area contributed by atoms with Crippen molar-refractivity contribution >= 4 is 17.3 Å². The molecule has 0 radical (unpaired) electrons. The molecule has 0 spiro atoms. The number of nitriles is 1. The van der Waals surface area contributed by atoms with E-state index < -0.39 is 0 Å². The van der Waals surface area contributed by atoms with Crippen molar-refractivity contribution in [2.75, 3.05) is 18.5 Å². The minimum atomic E-state index is 0.375. The first kappa shape index (κ1) is 12.2. The third-order valence-corrected chi connectivity index (χ3v) is 3.23. The average Bonchev–Trinajstić information content (AvgIpc) is 2.84. The van der Waals surface area contributed by atoms with Crippen LogP contribution in [0.1, 0.15) is 24.8 Å². The highest BCUT2D eigenvalue weighted by Gasteiger charge is 2.14. The predicted molar refractivity (Wildman–Crippen MR) is 68.2 cm³/mol. The third-order valence-electron chi connectivity index (χ3n) is 2.90. The molecule has 90 valence electrons. The van der Waals surface area contributed by atoms with Crippen molar-refractivity contribution in [3.05, 3.63) is 28.8 Å². The number of rotatable bonds is 4. The van der Waals surface area contributed by atoms with Crippen molar-refractivity contribution in [1.82, 2.24) is 0 Å². The van der Waals surface area contributed by atoms with Gasteiger partial charge in [0.2, 0.25) is 0 Å². The summed E-state index contributed by atoms with van der Waals surface area (Å²) in [6.07, 6.45) is 3.66. The predicted octanol–water partition coefficient (Wildman–Crippen LogP) is 3.19. The first-order valence-corrected chi connectivity index (χ1v) is 6.22. The molecule has 0 saturated carbocycles. The van der Waals surface area contributed by atoms with E-state index in [9.17, 15) is 0 Å². The highest BCUT2D eigenvalue weighted by atomic mass is 35.5. The Morgan fingerprint density at radius 2 is 2.41 bits per heavy atom. The maximum Gasteiger partial charge on any atom is 0.0992 e. The van der Waals surface area contributed by atoms with Crippen molar-refractivity contribution in [3.8, 4) is 6.07 Å². The molecule has 0 amide bonds. The second-order valence-corrected chi connectivity index (χ2v) is 4.56. The van der Waals surface area contributed by atoms with Crippen LogP contribution in [-0.4, -0.2) is 19.3 Å².